The fraction of sp³-hybridized carbons (Fsp3) is 0.833. The Morgan fingerprint density at radius 3 is 1.92 bits per heavy atom. The zero-order valence-electron chi connectivity index (χ0n) is 6.24. The molecule has 0 saturated heterocycles. The number of rotatable bonds is 5. The second-order valence-corrected chi connectivity index (χ2v) is 2.36. The summed E-state index contributed by atoms with van der Waals surface area (Å²) in [5.74, 6) is 0. The Labute approximate surface area is 68.7 Å². The smallest absolute Gasteiger partial charge is 0.151 e. The molecule has 12 heavy (non-hydrogen) atoms. The Bertz CT molecular complexity index is 138. The van der Waals surface area contributed by atoms with Crippen molar-refractivity contribution < 1.29 is 30.3 Å². The van der Waals surface area contributed by atoms with Crippen molar-refractivity contribution in [2.45, 2.75) is 24.4 Å². The first-order valence-corrected chi connectivity index (χ1v) is 3.33. The van der Waals surface area contributed by atoms with Crippen molar-refractivity contribution in [3.63, 3.8) is 0 Å². The summed E-state index contributed by atoms with van der Waals surface area (Å²) < 4.78 is 0. The van der Waals surface area contributed by atoms with Crippen molar-refractivity contribution in [3.8, 4) is 0 Å². The van der Waals surface area contributed by atoms with Crippen molar-refractivity contribution in [2.24, 2.45) is 0 Å². The maximum atomic E-state index is 9.90. The molecule has 72 valence electrons. The van der Waals surface area contributed by atoms with Crippen LogP contribution in [0.3, 0.4) is 0 Å². The van der Waals surface area contributed by atoms with Gasteiger partial charge in [0.05, 0.1) is 6.61 Å². The molecule has 0 heterocycles. The molecular weight excluding hydrogens is 169 g/mol. The number of hydrogen-bond donors (Lipinski definition) is 5. The predicted octanol–water partition coefficient (Wildman–Crippen LogP) is -3.38. The van der Waals surface area contributed by atoms with E-state index in [1.165, 1.54) is 0 Å². The van der Waals surface area contributed by atoms with Gasteiger partial charge in [0.2, 0.25) is 0 Å². The molecule has 0 aliphatic heterocycles. The molecule has 0 aromatic rings. The van der Waals surface area contributed by atoms with Gasteiger partial charge in [-0.25, -0.2) is 0 Å². The average molecular weight is 181 g/mol. The SMILES string of the molecule is O=[13CH][C@H](O)[C@@H](O)[C@H](O)[C@@H](O)CO. The van der Waals surface area contributed by atoms with E-state index in [1.54, 1.807) is 0 Å². The number of aldehydes is 1. The van der Waals surface area contributed by atoms with Gasteiger partial charge in [-0.05, 0) is 0 Å². The van der Waals surface area contributed by atoms with E-state index in [0.717, 1.165) is 0 Å². The first kappa shape index (κ1) is 11.5. The van der Waals surface area contributed by atoms with Crippen LogP contribution in [-0.4, -0.2) is 62.8 Å². The number of carbonyl (C=O) groups excluding carboxylic acids is 1. The third-order valence-corrected chi connectivity index (χ3v) is 1.42. The van der Waals surface area contributed by atoms with E-state index in [1.807, 2.05) is 0 Å². The van der Waals surface area contributed by atoms with Crippen molar-refractivity contribution in [1.29, 1.82) is 0 Å². The first-order valence-electron chi connectivity index (χ1n) is 3.33. The Morgan fingerprint density at radius 1 is 1.08 bits per heavy atom. The molecule has 0 rings (SSSR count). The minimum absolute atomic E-state index is 0.0258. The lowest BCUT2D eigenvalue weighted by Crippen LogP contribution is -2.46. The lowest BCUT2D eigenvalue weighted by molar-refractivity contribution is -0.136. The highest BCUT2D eigenvalue weighted by Crippen LogP contribution is 2.02. The maximum absolute atomic E-state index is 9.90. The molecule has 5 N–H and O–H groups in total. The largest absolute Gasteiger partial charge is 0.394 e. The van der Waals surface area contributed by atoms with Gasteiger partial charge in [0.15, 0.2) is 6.29 Å². The van der Waals surface area contributed by atoms with Gasteiger partial charge in [-0.3, -0.25) is 0 Å². The molecule has 4 atom stereocenters. The molecule has 0 saturated carbocycles. The van der Waals surface area contributed by atoms with Crippen LogP contribution in [0.5, 0.6) is 0 Å². The average Bonchev–Trinajstić information content (AvgIpc) is 2.12. The van der Waals surface area contributed by atoms with Crippen LogP contribution < -0.4 is 0 Å². The summed E-state index contributed by atoms with van der Waals surface area (Å²) in [6, 6.07) is 0. The highest BCUT2D eigenvalue weighted by molar-refractivity contribution is 5.56. The van der Waals surface area contributed by atoms with E-state index >= 15 is 0 Å². The third-order valence-electron chi connectivity index (χ3n) is 1.42. The molecule has 6 nitrogen and oxygen atoms in total. The molecule has 0 aliphatic carbocycles. The number of hydrogen-bond acceptors (Lipinski definition) is 6. The quantitative estimate of drug-likeness (QED) is 0.223. The van der Waals surface area contributed by atoms with E-state index in [9.17, 15) is 4.79 Å². The number of carbonyl (C=O) groups is 1. The summed E-state index contributed by atoms with van der Waals surface area (Å²) in [5.41, 5.74) is 0. The van der Waals surface area contributed by atoms with Crippen molar-refractivity contribution in [2.75, 3.05) is 6.61 Å². The molecule has 0 aromatic heterocycles. The Hall–Kier alpha value is -0.530. The molecule has 0 aliphatic rings. The second kappa shape index (κ2) is 5.18. The van der Waals surface area contributed by atoms with E-state index in [-0.39, 0.29) is 6.29 Å². The van der Waals surface area contributed by atoms with Crippen LogP contribution in [0, 0.1) is 0 Å². The molecular formula is C6H12O6. The normalized spacial score (nSPS) is 21.1. The van der Waals surface area contributed by atoms with Crippen molar-refractivity contribution in [1.82, 2.24) is 0 Å². The molecule has 6 heteroatoms. The summed E-state index contributed by atoms with van der Waals surface area (Å²) in [7, 11) is 0. The van der Waals surface area contributed by atoms with Crippen LogP contribution in [0.4, 0.5) is 0 Å². The minimum Gasteiger partial charge on any atom is -0.394 e. The lowest BCUT2D eigenvalue weighted by atomic mass is 10.1. The maximum Gasteiger partial charge on any atom is 0.151 e. The predicted molar refractivity (Wildman–Crippen MR) is 37.2 cm³/mol. The van der Waals surface area contributed by atoms with Crippen LogP contribution in [-0.2, 0) is 4.79 Å². The van der Waals surface area contributed by atoms with Crippen LogP contribution >= 0.6 is 0 Å². The van der Waals surface area contributed by atoms with Gasteiger partial charge in [0, 0.05) is 0 Å². The van der Waals surface area contributed by atoms with E-state index in [4.69, 9.17) is 25.5 Å². The number of aliphatic hydroxyl groups is 5. The van der Waals surface area contributed by atoms with Crippen LogP contribution in [0.25, 0.3) is 0 Å². The fourth-order valence-corrected chi connectivity index (χ4v) is 0.618. The summed E-state index contributed by atoms with van der Waals surface area (Å²) in [5, 5.41) is 43.5. The zero-order chi connectivity index (χ0) is 9.72. The lowest BCUT2D eigenvalue weighted by Gasteiger charge is -2.22. The van der Waals surface area contributed by atoms with Gasteiger partial charge in [0.1, 0.15) is 24.4 Å². The van der Waals surface area contributed by atoms with E-state index in [2.05, 4.69) is 0 Å². The van der Waals surface area contributed by atoms with Crippen molar-refractivity contribution >= 4 is 6.29 Å². The molecule has 0 radical (unpaired) electrons. The number of aliphatic hydroxyl groups excluding tert-OH is 5. The summed E-state index contributed by atoms with van der Waals surface area (Å²) in [6.07, 6.45) is -6.84. The van der Waals surface area contributed by atoms with Gasteiger partial charge in [0.25, 0.3) is 0 Å². The zero-order valence-corrected chi connectivity index (χ0v) is 6.24. The summed E-state index contributed by atoms with van der Waals surface area (Å²) >= 11 is 0. The van der Waals surface area contributed by atoms with Gasteiger partial charge < -0.3 is 30.3 Å². The Kier molecular flexibility index (Phi) is 4.95. The minimum atomic E-state index is -1.79. The molecule has 0 bridgehead atoms. The third kappa shape index (κ3) is 2.84. The Morgan fingerprint density at radius 2 is 1.58 bits per heavy atom. The second-order valence-electron chi connectivity index (χ2n) is 2.36. The Balaban J connectivity index is 4.07. The van der Waals surface area contributed by atoms with Crippen LogP contribution in [0.1, 0.15) is 0 Å². The van der Waals surface area contributed by atoms with Crippen LogP contribution in [0.2, 0.25) is 0 Å². The van der Waals surface area contributed by atoms with Crippen molar-refractivity contribution in [3.05, 3.63) is 0 Å². The van der Waals surface area contributed by atoms with E-state index < -0.39 is 31.0 Å². The standard InChI is InChI=1S/C6H12O6/c7-1-3(9)5(11)6(12)4(10)2-8/h1,3-6,8-12H,2H2/t3-,4-,5+,6+/m0/s1/i1+1. The first-order chi connectivity index (χ1) is 5.54. The fourth-order valence-electron chi connectivity index (χ4n) is 0.618. The van der Waals surface area contributed by atoms with Gasteiger partial charge in [-0.1, -0.05) is 0 Å². The molecule has 0 spiro atoms. The molecule has 0 aromatic carbocycles. The topological polar surface area (TPSA) is 118 Å². The van der Waals surface area contributed by atoms with Gasteiger partial charge in [-0.2, -0.15) is 0 Å². The highest BCUT2D eigenvalue weighted by Gasteiger charge is 2.29. The highest BCUT2D eigenvalue weighted by atomic mass is 16.4. The monoisotopic (exact) mass is 181 g/mol. The molecule has 0 unspecified atom stereocenters. The molecule has 0 fully saturated rings. The van der Waals surface area contributed by atoms with Gasteiger partial charge >= 0.3 is 0 Å². The van der Waals surface area contributed by atoms with Crippen LogP contribution in [0.15, 0.2) is 0 Å². The molecule has 0 amide bonds. The summed E-state index contributed by atoms with van der Waals surface area (Å²) in [4.78, 5) is 9.90. The summed E-state index contributed by atoms with van der Waals surface area (Å²) in [6.45, 7) is -0.760. The van der Waals surface area contributed by atoms with Gasteiger partial charge in [-0.15, -0.1) is 0 Å². The van der Waals surface area contributed by atoms with E-state index in [0.29, 0.717) is 0 Å².